The maximum absolute atomic E-state index is 13.0. The molecule has 0 amide bonds. The molecule has 0 aliphatic rings. The van der Waals surface area contributed by atoms with Gasteiger partial charge in [-0.05, 0) is 36.6 Å². The van der Waals surface area contributed by atoms with E-state index in [0.29, 0.717) is 29.7 Å². The molecule has 0 aliphatic carbocycles. The highest BCUT2D eigenvalue weighted by atomic mass is 35.5. The summed E-state index contributed by atoms with van der Waals surface area (Å²) < 4.78 is 40.8. The van der Waals surface area contributed by atoms with Gasteiger partial charge in [-0.15, -0.1) is 0 Å². The Morgan fingerprint density at radius 2 is 1.66 bits per heavy atom. The number of para-hydroxylation sites is 1. The van der Waals surface area contributed by atoms with Gasteiger partial charge in [-0.3, -0.25) is 0 Å². The third kappa shape index (κ3) is 3.98. The van der Waals surface area contributed by atoms with Crippen molar-refractivity contribution in [2.45, 2.75) is 44.9 Å². The Balaban J connectivity index is 2.11. The summed E-state index contributed by atoms with van der Waals surface area (Å²) in [6.07, 6.45) is -3.28. The molecule has 0 radical (unpaired) electrons. The van der Waals surface area contributed by atoms with Gasteiger partial charge in [0.1, 0.15) is 5.82 Å². The van der Waals surface area contributed by atoms with Gasteiger partial charge in [0.2, 0.25) is 0 Å². The van der Waals surface area contributed by atoms with Crippen LogP contribution in [-0.2, 0) is 25.2 Å². The van der Waals surface area contributed by atoms with E-state index in [9.17, 15) is 18.3 Å². The summed E-state index contributed by atoms with van der Waals surface area (Å²) in [6.45, 7) is 3.84. The first-order valence-electron chi connectivity index (χ1n) is 9.24. The van der Waals surface area contributed by atoms with Gasteiger partial charge in [-0.1, -0.05) is 49.2 Å². The van der Waals surface area contributed by atoms with Crippen LogP contribution in [0.15, 0.2) is 30.3 Å². The molecule has 0 bridgehead atoms. The smallest absolute Gasteiger partial charge is 0.385 e. The van der Waals surface area contributed by atoms with E-state index in [1.807, 2.05) is 43.7 Å². The van der Waals surface area contributed by atoms with E-state index < -0.39 is 17.3 Å². The lowest BCUT2D eigenvalue weighted by atomic mass is 9.87. The van der Waals surface area contributed by atoms with E-state index in [2.05, 4.69) is 4.98 Å². The van der Waals surface area contributed by atoms with Gasteiger partial charge in [0.15, 0.2) is 0 Å². The topological polar surface area (TPSA) is 38.1 Å². The van der Waals surface area contributed by atoms with Crippen molar-refractivity contribution in [2.24, 2.45) is 7.05 Å². The molecule has 0 saturated heterocycles. The van der Waals surface area contributed by atoms with Crippen LogP contribution in [0.25, 0.3) is 11.0 Å². The zero-order valence-corrected chi connectivity index (χ0v) is 17.8. The summed E-state index contributed by atoms with van der Waals surface area (Å²) >= 11 is 12.3. The van der Waals surface area contributed by atoms with Crippen molar-refractivity contribution in [2.75, 3.05) is 0 Å². The molecule has 0 fully saturated rings. The molecule has 2 aromatic carbocycles. The summed E-state index contributed by atoms with van der Waals surface area (Å²) in [5.74, 6) is 0.588. The summed E-state index contributed by atoms with van der Waals surface area (Å²) in [5, 5.41) is 10.9. The fourth-order valence-corrected chi connectivity index (χ4v) is 4.20. The molecule has 8 heteroatoms. The van der Waals surface area contributed by atoms with E-state index in [1.54, 1.807) is 0 Å². The number of halogens is 5. The molecular formula is C21H21Cl2F3N2O. The summed E-state index contributed by atoms with van der Waals surface area (Å²) in [7, 11) is 1.81. The maximum Gasteiger partial charge on any atom is 0.416 e. The molecule has 3 nitrogen and oxygen atoms in total. The highest BCUT2D eigenvalue weighted by Crippen LogP contribution is 2.38. The van der Waals surface area contributed by atoms with Gasteiger partial charge in [-0.2, -0.15) is 13.2 Å². The number of hydrogen-bond acceptors (Lipinski definition) is 2. The normalized spacial score (nSPS) is 12.7. The number of aryl methyl sites for hydroxylation is 1. The highest BCUT2D eigenvalue weighted by molar-refractivity contribution is 6.36. The largest absolute Gasteiger partial charge is 0.416 e. The van der Waals surface area contributed by atoms with E-state index in [4.69, 9.17) is 23.2 Å². The van der Waals surface area contributed by atoms with Crippen LogP contribution in [0.4, 0.5) is 13.2 Å². The van der Waals surface area contributed by atoms with Gasteiger partial charge in [0.05, 0.1) is 22.2 Å². The highest BCUT2D eigenvalue weighted by Gasteiger charge is 2.32. The number of alkyl halides is 3. The first-order valence-corrected chi connectivity index (χ1v) is 9.99. The third-order valence-electron chi connectivity index (χ3n) is 5.46. The Kier molecular flexibility index (Phi) is 5.91. The minimum absolute atomic E-state index is 0.0595. The molecule has 3 aromatic rings. The molecule has 0 aliphatic heterocycles. The zero-order chi connectivity index (χ0) is 21.6. The van der Waals surface area contributed by atoms with Crippen molar-refractivity contribution in [3.05, 3.63) is 62.9 Å². The quantitative estimate of drug-likeness (QED) is 0.487. The average molecular weight is 445 g/mol. The second-order valence-electron chi connectivity index (χ2n) is 7.09. The van der Waals surface area contributed by atoms with Crippen LogP contribution in [0.2, 0.25) is 10.0 Å². The molecular weight excluding hydrogens is 424 g/mol. The second kappa shape index (κ2) is 7.82. The van der Waals surface area contributed by atoms with Crippen LogP contribution in [0.3, 0.4) is 0 Å². The average Bonchev–Trinajstić information content (AvgIpc) is 2.99. The van der Waals surface area contributed by atoms with Crippen molar-refractivity contribution in [1.29, 1.82) is 0 Å². The monoisotopic (exact) mass is 444 g/mol. The van der Waals surface area contributed by atoms with Crippen molar-refractivity contribution in [3.8, 4) is 0 Å². The van der Waals surface area contributed by atoms with Crippen molar-refractivity contribution in [3.63, 3.8) is 0 Å². The maximum atomic E-state index is 13.0. The predicted molar refractivity (Wildman–Crippen MR) is 109 cm³/mol. The van der Waals surface area contributed by atoms with Gasteiger partial charge in [0, 0.05) is 29.1 Å². The number of benzene rings is 2. The first kappa shape index (κ1) is 21.9. The summed E-state index contributed by atoms with van der Waals surface area (Å²) in [5.41, 5.74) is 0.744. The van der Waals surface area contributed by atoms with E-state index in [0.717, 1.165) is 23.2 Å². The molecule has 3 rings (SSSR count). The molecule has 156 valence electrons. The molecule has 0 saturated carbocycles. The zero-order valence-electron chi connectivity index (χ0n) is 16.2. The predicted octanol–water partition coefficient (Wildman–Crippen LogP) is 6.50. The van der Waals surface area contributed by atoms with E-state index in [-0.39, 0.29) is 16.5 Å². The number of aromatic nitrogens is 2. The Hall–Kier alpha value is -1.76. The van der Waals surface area contributed by atoms with Crippen LogP contribution in [0, 0.1) is 0 Å². The Bertz CT molecular complexity index is 1030. The number of fused-ring (bicyclic) bond motifs is 1. The lowest BCUT2D eigenvalue weighted by Gasteiger charge is -2.26. The number of rotatable bonds is 5. The summed E-state index contributed by atoms with van der Waals surface area (Å²) in [4.78, 5) is 4.62. The Labute approximate surface area is 177 Å². The van der Waals surface area contributed by atoms with Crippen LogP contribution in [0.5, 0.6) is 0 Å². The molecule has 1 N–H and O–H groups in total. The summed E-state index contributed by atoms with van der Waals surface area (Å²) in [6, 6.07) is 7.30. The number of hydrogen-bond donors (Lipinski definition) is 1. The lowest BCUT2D eigenvalue weighted by molar-refractivity contribution is -0.137. The lowest BCUT2D eigenvalue weighted by Crippen LogP contribution is -2.24. The van der Waals surface area contributed by atoms with Crippen molar-refractivity contribution in [1.82, 2.24) is 9.55 Å². The van der Waals surface area contributed by atoms with Crippen molar-refractivity contribution < 1.29 is 18.3 Å². The second-order valence-corrected chi connectivity index (χ2v) is 7.91. The van der Waals surface area contributed by atoms with E-state index >= 15 is 0 Å². The first-order chi connectivity index (χ1) is 13.5. The molecule has 0 unspecified atom stereocenters. The molecule has 29 heavy (non-hydrogen) atoms. The molecule has 1 aromatic heterocycles. The van der Waals surface area contributed by atoms with E-state index in [1.165, 1.54) is 0 Å². The van der Waals surface area contributed by atoms with Gasteiger partial charge in [-0.25, -0.2) is 4.98 Å². The van der Waals surface area contributed by atoms with Crippen LogP contribution in [0.1, 0.15) is 49.2 Å². The fourth-order valence-electron chi connectivity index (χ4n) is 3.58. The molecule has 0 atom stereocenters. The van der Waals surface area contributed by atoms with Crippen LogP contribution >= 0.6 is 23.2 Å². The molecule has 0 spiro atoms. The van der Waals surface area contributed by atoms with Crippen molar-refractivity contribution >= 4 is 34.2 Å². The Morgan fingerprint density at radius 3 is 2.17 bits per heavy atom. The Morgan fingerprint density at radius 1 is 1.07 bits per heavy atom. The number of aliphatic hydroxyl groups is 1. The minimum Gasteiger partial charge on any atom is -0.385 e. The molecule has 1 heterocycles. The third-order valence-corrected chi connectivity index (χ3v) is 6.14. The van der Waals surface area contributed by atoms with Gasteiger partial charge in [0.25, 0.3) is 0 Å². The minimum atomic E-state index is -4.52. The number of imidazole rings is 1. The van der Waals surface area contributed by atoms with Crippen LogP contribution in [-0.4, -0.2) is 14.7 Å². The van der Waals surface area contributed by atoms with Gasteiger partial charge < -0.3 is 9.67 Å². The number of nitrogens with zero attached hydrogens (tertiary/aromatic N) is 2. The van der Waals surface area contributed by atoms with Gasteiger partial charge >= 0.3 is 6.18 Å². The standard InChI is InChI=1S/C21H21Cl2F3N2O/c1-4-20(29,5-2)14-7-6-8-17-19(14)28(3)18(27-17)11-13-15(22)9-12(10-16(13)23)21(24,25)26/h6-10,29H,4-5,11H2,1-3H3. The SMILES string of the molecule is CCC(O)(CC)c1cccc2nc(Cc3c(Cl)cc(C(F)(F)F)cc3Cl)n(C)c12. The fraction of sp³-hybridized carbons (Fsp3) is 0.381. The van der Waals surface area contributed by atoms with Crippen LogP contribution < -0.4 is 0 Å².